The van der Waals surface area contributed by atoms with Crippen LogP contribution in [0.3, 0.4) is 0 Å². The quantitative estimate of drug-likeness (QED) is 0.687. The van der Waals surface area contributed by atoms with Gasteiger partial charge >= 0.3 is 5.97 Å². The highest BCUT2D eigenvalue weighted by Gasteiger charge is 2.19. The average molecular weight is 243 g/mol. The molecule has 0 saturated carbocycles. The molecule has 0 aromatic heterocycles. The molecule has 2 N–H and O–H groups in total. The molecule has 0 aromatic carbocycles. The molecule has 4 nitrogen and oxygen atoms in total. The number of nitrogens with one attached hydrogen (secondary N) is 1. The van der Waals surface area contributed by atoms with Gasteiger partial charge in [-0.3, -0.25) is 9.59 Å². The Labute approximate surface area is 104 Å². The van der Waals surface area contributed by atoms with E-state index in [9.17, 15) is 9.59 Å². The summed E-state index contributed by atoms with van der Waals surface area (Å²) in [5.74, 6) is -0.682. The molecule has 100 valence electrons. The molecule has 4 heteroatoms. The van der Waals surface area contributed by atoms with E-state index in [0.29, 0.717) is 24.7 Å². The molecule has 0 bridgehead atoms. The first kappa shape index (κ1) is 15.9. The molecule has 0 heterocycles. The number of hydrogen-bond acceptors (Lipinski definition) is 2. The van der Waals surface area contributed by atoms with Crippen molar-refractivity contribution in [3.63, 3.8) is 0 Å². The van der Waals surface area contributed by atoms with Crippen LogP contribution >= 0.6 is 0 Å². The summed E-state index contributed by atoms with van der Waals surface area (Å²) in [5.41, 5.74) is 0. The molecule has 0 spiro atoms. The predicted octanol–water partition coefficient (Wildman–Crippen LogP) is 2.29. The zero-order chi connectivity index (χ0) is 13.4. The van der Waals surface area contributed by atoms with Crippen LogP contribution in [-0.4, -0.2) is 23.5 Å². The first-order chi connectivity index (χ1) is 7.86. The van der Waals surface area contributed by atoms with E-state index in [2.05, 4.69) is 5.32 Å². The summed E-state index contributed by atoms with van der Waals surface area (Å²) in [6.45, 7) is 8.26. The van der Waals surface area contributed by atoms with E-state index in [4.69, 9.17) is 5.11 Å². The number of amides is 1. The maximum absolute atomic E-state index is 11.5. The van der Waals surface area contributed by atoms with Crippen molar-refractivity contribution in [3.05, 3.63) is 0 Å². The van der Waals surface area contributed by atoms with Crippen molar-refractivity contribution < 1.29 is 14.7 Å². The number of carbonyl (C=O) groups is 2. The van der Waals surface area contributed by atoms with Gasteiger partial charge in [0.2, 0.25) is 5.91 Å². The van der Waals surface area contributed by atoms with Crippen LogP contribution in [-0.2, 0) is 9.59 Å². The van der Waals surface area contributed by atoms with E-state index in [0.717, 1.165) is 6.42 Å². The zero-order valence-electron chi connectivity index (χ0n) is 11.3. The second kappa shape index (κ2) is 8.09. The fourth-order valence-corrected chi connectivity index (χ4v) is 1.61. The van der Waals surface area contributed by atoms with Crippen LogP contribution < -0.4 is 5.32 Å². The molecular weight excluding hydrogens is 218 g/mol. The monoisotopic (exact) mass is 243 g/mol. The lowest BCUT2D eigenvalue weighted by atomic mass is 9.97. The lowest BCUT2D eigenvalue weighted by molar-refractivity contribution is -0.142. The minimum Gasteiger partial charge on any atom is -0.481 e. The van der Waals surface area contributed by atoms with Crippen molar-refractivity contribution in [1.29, 1.82) is 0 Å². The van der Waals surface area contributed by atoms with Crippen LogP contribution in [0.5, 0.6) is 0 Å². The van der Waals surface area contributed by atoms with E-state index >= 15 is 0 Å². The van der Waals surface area contributed by atoms with Crippen LogP contribution in [0.1, 0.15) is 47.0 Å². The molecule has 2 atom stereocenters. The number of carboxylic acids is 1. The van der Waals surface area contributed by atoms with Crippen molar-refractivity contribution >= 4 is 11.9 Å². The van der Waals surface area contributed by atoms with Crippen LogP contribution in [0.4, 0.5) is 0 Å². The van der Waals surface area contributed by atoms with Gasteiger partial charge in [0.15, 0.2) is 0 Å². The number of carboxylic acid groups (broad SMARTS) is 1. The molecule has 0 aromatic rings. The van der Waals surface area contributed by atoms with Gasteiger partial charge in [0, 0.05) is 13.0 Å². The largest absolute Gasteiger partial charge is 0.481 e. The smallest absolute Gasteiger partial charge is 0.308 e. The van der Waals surface area contributed by atoms with E-state index < -0.39 is 11.9 Å². The van der Waals surface area contributed by atoms with Gasteiger partial charge in [-0.05, 0) is 18.3 Å². The maximum Gasteiger partial charge on any atom is 0.308 e. The summed E-state index contributed by atoms with van der Waals surface area (Å²) in [6.07, 6.45) is 2.03. The van der Waals surface area contributed by atoms with Crippen LogP contribution in [0.2, 0.25) is 0 Å². The van der Waals surface area contributed by atoms with Crippen molar-refractivity contribution in [2.45, 2.75) is 47.0 Å². The van der Waals surface area contributed by atoms with Gasteiger partial charge in [-0.2, -0.15) is 0 Å². The first-order valence-corrected chi connectivity index (χ1v) is 6.36. The number of rotatable bonds is 8. The van der Waals surface area contributed by atoms with Gasteiger partial charge in [0.05, 0.1) is 5.92 Å². The molecule has 0 fully saturated rings. The summed E-state index contributed by atoms with van der Waals surface area (Å²) in [4.78, 5) is 22.5. The third-order valence-corrected chi connectivity index (χ3v) is 2.88. The standard InChI is InChI=1S/C13H25NO3/c1-5-10(4)7-12(15)14-8-11(13(16)17)6-9(2)3/h9-11H,5-8H2,1-4H3,(H,14,15)(H,16,17). The second-order valence-corrected chi connectivity index (χ2v) is 5.19. The predicted molar refractivity (Wildman–Crippen MR) is 67.7 cm³/mol. The molecule has 2 unspecified atom stereocenters. The van der Waals surface area contributed by atoms with E-state index in [1.54, 1.807) is 0 Å². The zero-order valence-corrected chi connectivity index (χ0v) is 11.3. The van der Waals surface area contributed by atoms with Crippen LogP contribution in [0.25, 0.3) is 0 Å². The summed E-state index contributed by atoms with van der Waals surface area (Å²) >= 11 is 0. The van der Waals surface area contributed by atoms with Crippen LogP contribution in [0.15, 0.2) is 0 Å². The average Bonchev–Trinajstić information content (AvgIpc) is 2.23. The molecule has 0 aliphatic carbocycles. The minimum atomic E-state index is -0.831. The SMILES string of the molecule is CCC(C)CC(=O)NCC(CC(C)C)C(=O)O. The molecule has 0 aliphatic heterocycles. The highest BCUT2D eigenvalue weighted by atomic mass is 16.4. The normalized spacial score (nSPS) is 14.4. The highest BCUT2D eigenvalue weighted by Crippen LogP contribution is 2.11. The highest BCUT2D eigenvalue weighted by molar-refractivity contribution is 5.77. The Morgan fingerprint density at radius 1 is 1.24 bits per heavy atom. The molecule has 0 rings (SSSR count). The van der Waals surface area contributed by atoms with Gasteiger partial charge < -0.3 is 10.4 Å². The van der Waals surface area contributed by atoms with Crippen LogP contribution in [0, 0.1) is 17.8 Å². The summed E-state index contributed by atoms with van der Waals surface area (Å²) in [6, 6.07) is 0. The number of hydrogen-bond donors (Lipinski definition) is 2. The Kier molecular flexibility index (Phi) is 7.59. The minimum absolute atomic E-state index is 0.0469. The topological polar surface area (TPSA) is 66.4 Å². The lowest BCUT2D eigenvalue weighted by Crippen LogP contribution is -2.34. The Morgan fingerprint density at radius 3 is 2.24 bits per heavy atom. The summed E-state index contributed by atoms with van der Waals surface area (Å²) in [5, 5.41) is 11.7. The molecule has 0 aliphatic rings. The molecule has 17 heavy (non-hydrogen) atoms. The molecule has 1 amide bonds. The molecular formula is C13H25NO3. The summed E-state index contributed by atoms with van der Waals surface area (Å²) < 4.78 is 0. The van der Waals surface area contributed by atoms with Crippen molar-refractivity contribution in [2.24, 2.45) is 17.8 Å². The van der Waals surface area contributed by atoms with Crippen molar-refractivity contribution in [2.75, 3.05) is 6.54 Å². The summed E-state index contributed by atoms with van der Waals surface area (Å²) in [7, 11) is 0. The second-order valence-electron chi connectivity index (χ2n) is 5.19. The Morgan fingerprint density at radius 2 is 1.82 bits per heavy atom. The van der Waals surface area contributed by atoms with E-state index in [-0.39, 0.29) is 12.5 Å². The fraction of sp³-hybridized carbons (Fsp3) is 0.846. The Bertz CT molecular complexity index is 251. The Hall–Kier alpha value is -1.06. The van der Waals surface area contributed by atoms with Gasteiger partial charge in [-0.1, -0.05) is 34.1 Å². The van der Waals surface area contributed by atoms with E-state index in [1.807, 2.05) is 27.7 Å². The maximum atomic E-state index is 11.5. The number of aliphatic carboxylic acids is 1. The molecule has 0 saturated heterocycles. The van der Waals surface area contributed by atoms with Crippen molar-refractivity contribution in [3.8, 4) is 0 Å². The van der Waals surface area contributed by atoms with Gasteiger partial charge in [-0.25, -0.2) is 0 Å². The fourth-order valence-electron chi connectivity index (χ4n) is 1.61. The molecule has 0 radical (unpaired) electrons. The van der Waals surface area contributed by atoms with Crippen molar-refractivity contribution in [1.82, 2.24) is 5.32 Å². The first-order valence-electron chi connectivity index (χ1n) is 6.36. The van der Waals surface area contributed by atoms with Gasteiger partial charge in [0.25, 0.3) is 0 Å². The van der Waals surface area contributed by atoms with E-state index in [1.165, 1.54) is 0 Å². The third-order valence-electron chi connectivity index (χ3n) is 2.88. The van der Waals surface area contributed by atoms with Gasteiger partial charge in [-0.15, -0.1) is 0 Å². The number of carbonyl (C=O) groups excluding carboxylic acids is 1. The Balaban J connectivity index is 4.04. The third kappa shape index (κ3) is 7.77. The lowest BCUT2D eigenvalue weighted by Gasteiger charge is -2.16. The van der Waals surface area contributed by atoms with Gasteiger partial charge in [0.1, 0.15) is 0 Å².